The van der Waals surface area contributed by atoms with E-state index in [4.69, 9.17) is 5.21 Å². The summed E-state index contributed by atoms with van der Waals surface area (Å²) in [5.74, 6) is 0.736. The Labute approximate surface area is 82.7 Å². The summed E-state index contributed by atoms with van der Waals surface area (Å²) in [7, 11) is 0. The molecule has 0 amide bonds. The average Bonchev–Trinajstić information content (AvgIpc) is 2.16. The third-order valence-corrected chi connectivity index (χ3v) is 2.81. The van der Waals surface area contributed by atoms with Crippen LogP contribution < -0.4 is 0 Å². The van der Waals surface area contributed by atoms with Gasteiger partial charge in [-0.15, -0.1) is 11.8 Å². The van der Waals surface area contributed by atoms with Gasteiger partial charge in [0.1, 0.15) is 0 Å². The topological polar surface area (TPSA) is 32.6 Å². The van der Waals surface area contributed by atoms with Crippen molar-refractivity contribution < 1.29 is 5.21 Å². The maximum Gasteiger partial charge on any atom is 0.0642 e. The summed E-state index contributed by atoms with van der Waals surface area (Å²) in [6.45, 7) is 3.87. The molecule has 1 aromatic rings. The summed E-state index contributed by atoms with van der Waals surface area (Å²) in [6.07, 6.45) is 0. The van der Waals surface area contributed by atoms with Crippen molar-refractivity contribution in [2.45, 2.75) is 18.7 Å². The molecular formula is C10H13NOS. The van der Waals surface area contributed by atoms with E-state index < -0.39 is 0 Å². The quantitative estimate of drug-likeness (QED) is 0.348. The van der Waals surface area contributed by atoms with Gasteiger partial charge in [-0.05, 0) is 26.0 Å². The van der Waals surface area contributed by atoms with E-state index in [2.05, 4.69) is 36.3 Å². The van der Waals surface area contributed by atoms with Crippen LogP contribution in [0.1, 0.15) is 12.5 Å². The molecular weight excluding hydrogens is 182 g/mol. The highest BCUT2D eigenvalue weighted by molar-refractivity contribution is 8.00. The van der Waals surface area contributed by atoms with E-state index >= 15 is 0 Å². The van der Waals surface area contributed by atoms with Crippen molar-refractivity contribution in [1.82, 2.24) is 0 Å². The van der Waals surface area contributed by atoms with Crippen molar-refractivity contribution in [3.8, 4) is 0 Å². The van der Waals surface area contributed by atoms with Gasteiger partial charge >= 0.3 is 0 Å². The lowest BCUT2D eigenvalue weighted by atomic mass is 10.2. The second-order valence-corrected chi connectivity index (χ2v) is 3.99. The molecule has 0 aliphatic rings. The third kappa shape index (κ3) is 3.51. The van der Waals surface area contributed by atoms with E-state index in [1.54, 1.807) is 18.7 Å². The molecule has 0 saturated heterocycles. The Morgan fingerprint density at radius 1 is 1.38 bits per heavy atom. The molecule has 0 atom stereocenters. The lowest BCUT2D eigenvalue weighted by molar-refractivity contribution is 0.318. The molecule has 0 spiro atoms. The van der Waals surface area contributed by atoms with Gasteiger partial charge in [-0.25, -0.2) is 0 Å². The molecule has 2 nitrogen and oxygen atoms in total. The number of aryl methyl sites for hydroxylation is 1. The second-order valence-electron chi connectivity index (χ2n) is 2.94. The van der Waals surface area contributed by atoms with Crippen LogP contribution in [0.15, 0.2) is 34.3 Å². The number of benzene rings is 1. The van der Waals surface area contributed by atoms with Crippen LogP contribution in [0, 0.1) is 6.92 Å². The molecule has 0 bridgehead atoms. The van der Waals surface area contributed by atoms with Gasteiger partial charge in [0, 0.05) is 10.6 Å². The lowest BCUT2D eigenvalue weighted by Gasteiger charge is -2.00. The average molecular weight is 195 g/mol. The van der Waals surface area contributed by atoms with Crippen LogP contribution in [0.3, 0.4) is 0 Å². The first-order chi connectivity index (χ1) is 6.22. The maximum atomic E-state index is 8.43. The van der Waals surface area contributed by atoms with Crippen molar-refractivity contribution >= 4 is 17.5 Å². The van der Waals surface area contributed by atoms with E-state index in [0.717, 1.165) is 11.5 Å². The minimum Gasteiger partial charge on any atom is -0.411 e. The molecule has 0 unspecified atom stereocenters. The molecule has 13 heavy (non-hydrogen) atoms. The molecule has 70 valence electrons. The van der Waals surface area contributed by atoms with Gasteiger partial charge in [0.2, 0.25) is 0 Å². The molecule has 1 aromatic carbocycles. The van der Waals surface area contributed by atoms with Gasteiger partial charge in [-0.3, -0.25) is 0 Å². The first kappa shape index (κ1) is 10.1. The SMILES string of the molecule is C/C(CSc1ccc(C)cc1)=N/O. The Balaban J connectivity index is 2.51. The Morgan fingerprint density at radius 2 is 2.00 bits per heavy atom. The number of nitrogens with zero attached hydrogens (tertiary/aromatic N) is 1. The van der Waals surface area contributed by atoms with Gasteiger partial charge < -0.3 is 5.21 Å². The summed E-state index contributed by atoms with van der Waals surface area (Å²) in [5.41, 5.74) is 2.00. The van der Waals surface area contributed by atoms with E-state index in [1.165, 1.54) is 10.5 Å². The molecule has 0 aromatic heterocycles. The number of hydrogen-bond acceptors (Lipinski definition) is 3. The van der Waals surface area contributed by atoms with Crippen LogP contribution in [0.5, 0.6) is 0 Å². The zero-order valence-corrected chi connectivity index (χ0v) is 8.64. The number of thioether (sulfide) groups is 1. The lowest BCUT2D eigenvalue weighted by Crippen LogP contribution is -1.94. The molecule has 1 N–H and O–H groups in total. The standard InChI is InChI=1S/C10H13NOS/c1-8-3-5-10(6-4-8)13-7-9(2)11-12/h3-6,12H,7H2,1-2H3/b11-9-. The Hall–Kier alpha value is -0.960. The first-order valence-electron chi connectivity index (χ1n) is 4.09. The Morgan fingerprint density at radius 3 is 2.54 bits per heavy atom. The van der Waals surface area contributed by atoms with Gasteiger partial charge in [0.05, 0.1) is 5.71 Å². The maximum absolute atomic E-state index is 8.43. The predicted molar refractivity (Wildman–Crippen MR) is 56.8 cm³/mol. The van der Waals surface area contributed by atoms with Crippen LogP contribution in [-0.2, 0) is 0 Å². The van der Waals surface area contributed by atoms with Crippen molar-refractivity contribution in [3.63, 3.8) is 0 Å². The Kier molecular flexibility index (Phi) is 3.83. The largest absolute Gasteiger partial charge is 0.411 e. The molecule has 0 aliphatic carbocycles. The first-order valence-corrected chi connectivity index (χ1v) is 5.08. The highest BCUT2D eigenvalue weighted by Crippen LogP contribution is 2.18. The van der Waals surface area contributed by atoms with Crippen LogP contribution in [0.4, 0.5) is 0 Å². The third-order valence-electron chi connectivity index (χ3n) is 1.64. The molecule has 3 heteroatoms. The smallest absolute Gasteiger partial charge is 0.0642 e. The van der Waals surface area contributed by atoms with E-state index in [0.29, 0.717) is 0 Å². The predicted octanol–water partition coefficient (Wildman–Crippen LogP) is 2.94. The number of oxime groups is 1. The van der Waals surface area contributed by atoms with E-state index in [-0.39, 0.29) is 0 Å². The molecule has 0 heterocycles. The number of hydrogen-bond donors (Lipinski definition) is 1. The molecule has 0 radical (unpaired) electrons. The van der Waals surface area contributed by atoms with Crippen LogP contribution in [-0.4, -0.2) is 16.7 Å². The summed E-state index contributed by atoms with van der Waals surface area (Å²) in [4.78, 5) is 1.20. The van der Waals surface area contributed by atoms with Gasteiger partial charge in [0.15, 0.2) is 0 Å². The fraction of sp³-hybridized carbons (Fsp3) is 0.300. The summed E-state index contributed by atoms with van der Waals surface area (Å²) in [5, 5.41) is 11.5. The number of rotatable bonds is 3. The fourth-order valence-electron chi connectivity index (χ4n) is 0.851. The summed E-state index contributed by atoms with van der Waals surface area (Å²) in [6, 6.07) is 8.30. The van der Waals surface area contributed by atoms with Crippen LogP contribution >= 0.6 is 11.8 Å². The highest BCUT2D eigenvalue weighted by Gasteiger charge is 1.95. The van der Waals surface area contributed by atoms with Crippen molar-refractivity contribution in [1.29, 1.82) is 0 Å². The van der Waals surface area contributed by atoms with Gasteiger partial charge in [-0.2, -0.15) is 0 Å². The van der Waals surface area contributed by atoms with E-state index in [9.17, 15) is 0 Å². The second kappa shape index (κ2) is 4.92. The van der Waals surface area contributed by atoms with Crippen molar-refractivity contribution in [2.75, 3.05) is 5.75 Å². The molecule has 0 aliphatic heterocycles. The van der Waals surface area contributed by atoms with Crippen LogP contribution in [0.25, 0.3) is 0 Å². The van der Waals surface area contributed by atoms with Crippen molar-refractivity contribution in [2.24, 2.45) is 5.16 Å². The monoisotopic (exact) mass is 195 g/mol. The fourth-order valence-corrected chi connectivity index (χ4v) is 1.61. The van der Waals surface area contributed by atoms with Gasteiger partial charge in [-0.1, -0.05) is 22.9 Å². The van der Waals surface area contributed by atoms with Crippen molar-refractivity contribution in [3.05, 3.63) is 29.8 Å². The Bertz CT molecular complexity index is 292. The zero-order chi connectivity index (χ0) is 9.68. The normalized spacial score (nSPS) is 11.7. The molecule has 0 fully saturated rings. The molecule has 1 rings (SSSR count). The highest BCUT2D eigenvalue weighted by atomic mass is 32.2. The summed E-state index contributed by atoms with van der Waals surface area (Å²) < 4.78 is 0. The summed E-state index contributed by atoms with van der Waals surface area (Å²) >= 11 is 1.67. The van der Waals surface area contributed by atoms with Crippen LogP contribution in [0.2, 0.25) is 0 Å². The van der Waals surface area contributed by atoms with E-state index in [1.807, 2.05) is 0 Å². The minimum atomic E-state index is 0.736. The van der Waals surface area contributed by atoms with Gasteiger partial charge in [0.25, 0.3) is 0 Å². The minimum absolute atomic E-state index is 0.736. The molecule has 0 saturated carbocycles. The zero-order valence-electron chi connectivity index (χ0n) is 7.82.